The number of aliphatic imine (C=N–C) groups is 1. The maximum absolute atomic E-state index is 12.8. The summed E-state index contributed by atoms with van der Waals surface area (Å²) < 4.78 is 1.10. The minimum Gasteiger partial charge on any atom is -0.394 e. The van der Waals surface area contributed by atoms with E-state index in [2.05, 4.69) is 18.4 Å². The van der Waals surface area contributed by atoms with Crippen LogP contribution in [0.25, 0.3) is 0 Å². The summed E-state index contributed by atoms with van der Waals surface area (Å²) in [4.78, 5) is 29.9. The van der Waals surface area contributed by atoms with E-state index in [0.717, 1.165) is 11.0 Å². The van der Waals surface area contributed by atoms with Crippen molar-refractivity contribution < 1.29 is 24.4 Å². The summed E-state index contributed by atoms with van der Waals surface area (Å²) in [5.41, 5.74) is 0. The van der Waals surface area contributed by atoms with Crippen LogP contribution < -0.4 is 0 Å². The summed E-state index contributed by atoms with van der Waals surface area (Å²) in [7, 11) is 0. The molecule has 0 radical (unpaired) electrons. The zero-order valence-corrected chi connectivity index (χ0v) is 14.9. The highest BCUT2D eigenvalue weighted by molar-refractivity contribution is 5.87. The minimum atomic E-state index is -0.926. The number of amides is 2. The minimum absolute atomic E-state index is 0.144. The fourth-order valence-corrected chi connectivity index (χ4v) is 3.16. The van der Waals surface area contributed by atoms with Crippen LogP contribution >= 0.6 is 0 Å². The maximum Gasteiger partial charge on any atom is 0.406 e. The SMILES string of the molecule is C=NC(=O)C(C(C)CC)[N+](=C)C(=O)C(CO)N1CC(C)CCC1O. The fourth-order valence-electron chi connectivity index (χ4n) is 3.16. The van der Waals surface area contributed by atoms with Crippen LogP contribution in [0.1, 0.15) is 40.0 Å². The second-order valence-electron chi connectivity index (χ2n) is 6.69. The van der Waals surface area contributed by atoms with E-state index in [1.165, 1.54) is 0 Å². The molecule has 0 aromatic carbocycles. The molecule has 0 bridgehead atoms. The Morgan fingerprint density at radius 1 is 1.42 bits per heavy atom. The van der Waals surface area contributed by atoms with Crippen molar-refractivity contribution in [3.8, 4) is 0 Å². The van der Waals surface area contributed by atoms with Gasteiger partial charge in [-0.05, 0) is 31.9 Å². The first-order valence-electron chi connectivity index (χ1n) is 8.47. The lowest BCUT2D eigenvalue weighted by Crippen LogP contribution is -2.57. The molecule has 0 aliphatic carbocycles. The van der Waals surface area contributed by atoms with Crippen LogP contribution in [0.2, 0.25) is 0 Å². The molecule has 1 aliphatic heterocycles. The molecule has 1 heterocycles. The molecule has 24 heavy (non-hydrogen) atoms. The molecule has 1 saturated heterocycles. The Morgan fingerprint density at radius 3 is 2.54 bits per heavy atom. The van der Waals surface area contributed by atoms with Gasteiger partial charge in [-0.2, -0.15) is 4.58 Å². The average Bonchev–Trinajstić information content (AvgIpc) is 2.57. The van der Waals surface area contributed by atoms with E-state index >= 15 is 0 Å². The van der Waals surface area contributed by atoms with Crippen LogP contribution in [0, 0.1) is 11.8 Å². The van der Waals surface area contributed by atoms with Gasteiger partial charge in [0, 0.05) is 12.5 Å². The Morgan fingerprint density at radius 2 is 2.04 bits per heavy atom. The smallest absolute Gasteiger partial charge is 0.394 e. The van der Waals surface area contributed by atoms with Crippen molar-refractivity contribution in [3.05, 3.63) is 0 Å². The van der Waals surface area contributed by atoms with Gasteiger partial charge in [0.15, 0.2) is 6.04 Å². The number of rotatable bonds is 7. The molecular weight excluding hydrogens is 310 g/mol. The number of hydrogen-bond acceptors (Lipinski definition) is 5. The quantitative estimate of drug-likeness (QED) is 0.513. The standard InChI is InChI=1S/C17H30N3O4/c1-6-12(3)15(16(23)18-4)19(5)17(24)13(10-21)20-9-11(2)7-8-14(20)22/h11-15,21-22H,4-10H2,1-3H3/q+1. The first-order valence-corrected chi connectivity index (χ1v) is 8.47. The number of hydrogen-bond donors (Lipinski definition) is 2. The van der Waals surface area contributed by atoms with E-state index in [0.29, 0.717) is 25.3 Å². The number of aliphatic hydroxyl groups is 2. The summed E-state index contributed by atoms with van der Waals surface area (Å²) in [5, 5.41) is 19.9. The third-order valence-corrected chi connectivity index (χ3v) is 4.89. The zero-order valence-electron chi connectivity index (χ0n) is 14.9. The van der Waals surface area contributed by atoms with Crippen LogP contribution in [0.4, 0.5) is 0 Å². The topological polar surface area (TPSA) is 93.2 Å². The van der Waals surface area contributed by atoms with Crippen molar-refractivity contribution in [3.63, 3.8) is 0 Å². The molecule has 7 heteroatoms. The molecule has 1 aliphatic rings. The second-order valence-corrected chi connectivity index (χ2v) is 6.69. The highest BCUT2D eigenvalue weighted by Gasteiger charge is 2.44. The van der Waals surface area contributed by atoms with Crippen molar-refractivity contribution in [1.29, 1.82) is 0 Å². The van der Waals surface area contributed by atoms with Gasteiger partial charge in [-0.15, -0.1) is 0 Å². The van der Waals surface area contributed by atoms with E-state index < -0.39 is 36.7 Å². The summed E-state index contributed by atoms with van der Waals surface area (Å²) in [6, 6.07) is -1.75. The van der Waals surface area contributed by atoms with E-state index in [4.69, 9.17) is 0 Å². The molecule has 1 fully saturated rings. The molecule has 2 amide bonds. The molecule has 136 valence electrons. The predicted molar refractivity (Wildman–Crippen MR) is 92.2 cm³/mol. The molecule has 0 aromatic rings. The summed E-state index contributed by atoms with van der Waals surface area (Å²) in [6.45, 7) is 12.8. The number of aliphatic hydroxyl groups excluding tert-OH is 2. The Hall–Kier alpha value is -1.44. The van der Waals surface area contributed by atoms with Crippen molar-refractivity contribution in [2.45, 2.75) is 58.3 Å². The summed E-state index contributed by atoms with van der Waals surface area (Å²) in [5.74, 6) is -0.839. The fraction of sp³-hybridized carbons (Fsp3) is 0.765. The van der Waals surface area contributed by atoms with Crippen molar-refractivity contribution in [2.24, 2.45) is 16.8 Å². The predicted octanol–water partition coefficient (Wildman–Crippen LogP) is 0.279. The lowest BCUT2D eigenvalue weighted by molar-refractivity contribution is -0.480. The summed E-state index contributed by atoms with van der Waals surface area (Å²) in [6.07, 6.45) is 1.29. The van der Waals surface area contributed by atoms with Crippen molar-refractivity contribution in [1.82, 2.24) is 4.90 Å². The molecule has 2 N–H and O–H groups in total. The largest absolute Gasteiger partial charge is 0.406 e. The molecule has 5 unspecified atom stereocenters. The Labute approximate surface area is 143 Å². The van der Waals surface area contributed by atoms with Gasteiger partial charge in [-0.3, -0.25) is 9.69 Å². The number of carbonyl (C=O) groups excluding carboxylic acids is 2. The van der Waals surface area contributed by atoms with E-state index in [9.17, 15) is 19.8 Å². The average molecular weight is 340 g/mol. The van der Waals surface area contributed by atoms with E-state index in [1.54, 1.807) is 4.90 Å². The van der Waals surface area contributed by atoms with Gasteiger partial charge in [-0.1, -0.05) is 20.8 Å². The molecule has 5 atom stereocenters. The van der Waals surface area contributed by atoms with Gasteiger partial charge in [0.25, 0.3) is 0 Å². The number of likely N-dealkylation sites (tertiary alicyclic amines) is 1. The first-order chi connectivity index (χ1) is 11.3. The maximum atomic E-state index is 12.8. The van der Waals surface area contributed by atoms with Gasteiger partial charge in [0.2, 0.25) is 6.04 Å². The molecule has 0 aromatic heterocycles. The molecule has 1 rings (SSSR count). The van der Waals surface area contributed by atoms with Crippen molar-refractivity contribution >= 4 is 25.2 Å². The van der Waals surface area contributed by atoms with Gasteiger partial charge in [-0.25, -0.2) is 9.79 Å². The van der Waals surface area contributed by atoms with Gasteiger partial charge in [0.1, 0.15) is 12.9 Å². The molecule has 7 nitrogen and oxygen atoms in total. The first kappa shape index (κ1) is 20.6. The van der Waals surface area contributed by atoms with Crippen LogP contribution in [0.3, 0.4) is 0 Å². The summed E-state index contributed by atoms with van der Waals surface area (Å²) >= 11 is 0. The van der Waals surface area contributed by atoms with Crippen molar-refractivity contribution in [2.75, 3.05) is 13.2 Å². The van der Waals surface area contributed by atoms with Crippen LogP contribution in [0.15, 0.2) is 4.99 Å². The zero-order chi connectivity index (χ0) is 18.4. The molecule has 0 saturated carbocycles. The highest BCUT2D eigenvalue weighted by Crippen LogP contribution is 2.23. The lowest BCUT2D eigenvalue weighted by Gasteiger charge is -2.38. The lowest BCUT2D eigenvalue weighted by atomic mass is 9.95. The van der Waals surface area contributed by atoms with Crippen LogP contribution in [0.5, 0.6) is 0 Å². The second kappa shape index (κ2) is 9.15. The van der Waals surface area contributed by atoms with E-state index in [-0.39, 0.29) is 5.92 Å². The Bertz CT molecular complexity index is 494. The highest BCUT2D eigenvalue weighted by atomic mass is 16.3. The number of piperidine rings is 1. The van der Waals surface area contributed by atoms with Gasteiger partial charge < -0.3 is 10.2 Å². The third kappa shape index (κ3) is 4.55. The number of nitrogens with zero attached hydrogens (tertiary/aromatic N) is 3. The Balaban J connectivity index is 3.03. The molecule has 0 spiro atoms. The monoisotopic (exact) mass is 340 g/mol. The van der Waals surface area contributed by atoms with Gasteiger partial charge in [0.05, 0.1) is 6.61 Å². The normalized spacial score (nSPS) is 25.5. The van der Waals surface area contributed by atoms with E-state index in [1.807, 2.05) is 20.8 Å². The third-order valence-electron chi connectivity index (χ3n) is 4.89. The van der Waals surface area contributed by atoms with Crippen LogP contribution in [-0.4, -0.2) is 76.4 Å². The van der Waals surface area contributed by atoms with Crippen LogP contribution in [-0.2, 0) is 9.59 Å². The molecular formula is C17H30N3O4+. The van der Waals surface area contributed by atoms with Gasteiger partial charge >= 0.3 is 11.8 Å². The Kier molecular flexibility index (Phi) is 7.86. The number of carbonyl (C=O) groups is 2.